The summed E-state index contributed by atoms with van der Waals surface area (Å²) < 4.78 is 14.8. The van der Waals surface area contributed by atoms with Crippen LogP contribution in [0.2, 0.25) is 10.0 Å². The van der Waals surface area contributed by atoms with Crippen molar-refractivity contribution in [2.45, 2.75) is 18.1 Å². The summed E-state index contributed by atoms with van der Waals surface area (Å²) in [5.41, 5.74) is 0.767. The number of carboxylic acids is 1. The van der Waals surface area contributed by atoms with Gasteiger partial charge in [0.25, 0.3) is 5.56 Å². The minimum absolute atomic E-state index is 0.0441. The zero-order chi connectivity index (χ0) is 19.6. The molecule has 0 aliphatic heterocycles. The van der Waals surface area contributed by atoms with Gasteiger partial charge in [0.15, 0.2) is 5.16 Å². The Kier molecular flexibility index (Phi) is 6.04. The SMILES string of the molecule is O=C(O)CCSc1nc2ccc(Cl)cc2c(=O)n1Cc1ccc(F)c(Cl)c1. The number of aromatic nitrogens is 2. The van der Waals surface area contributed by atoms with Crippen molar-refractivity contribution in [3.63, 3.8) is 0 Å². The molecule has 27 heavy (non-hydrogen) atoms. The Balaban J connectivity index is 2.08. The van der Waals surface area contributed by atoms with E-state index in [1.54, 1.807) is 12.1 Å². The molecule has 0 radical (unpaired) electrons. The summed E-state index contributed by atoms with van der Waals surface area (Å²) in [6.45, 7) is 0.115. The third-order valence-corrected chi connectivity index (χ3v) is 5.26. The molecule has 1 aromatic heterocycles. The number of thioether (sulfide) groups is 1. The summed E-state index contributed by atoms with van der Waals surface area (Å²) in [4.78, 5) is 28.2. The maximum absolute atomic E-state index is 13.4. The van der Waals surface area contributed by atoms with Gasteiger partial charge >= 0.3 is 5.97 Å². The molecule has 5 nitrogen and oxygen atoms in total. The second-order valence-corrected chi connectivity index (χ2v) is 7.59. The smallest absolute Gasteiger partial charge is 0.304 e. The molecule has 0 aliphatic rings. The lowest BCUT2D eigenvalue weighted by Crippen LogP contribution is -2.24. The molecule has 0 saturated heterocycles. The first kappa shape index (κ1) is 19.7. The van der Waals surface area contributed by atoms with Crippen molar-refractivity contribution in [1.29, 1.82) is 0 Å². The van der Waals surface area contributed by atoms with Crippen LogP contribution in [0.1, 0.15) is 12.0 Å². The monoisotopic (exact) mass is 426 g/mol. The van der Waals surface area contributed by atoms with Crippen LogP contribution in [-0.2, 0) is 11.3 Å². The van der Waals surface area contributed by atoms with E-state index in [1.165, 1.54) is 40.6 Å². The minimum Gasteiger partial charge on any atom is -0.481 e. The Hall–Kier alpha value is -2.09. The molecule has 0 unspecified atom stereocenters. The van der Waals surface area contributed by atoms with E-state index >= 15 is 0 Å². The van der Waals surface area contributed by atoms with Gasteiger partial charge in [-0.1, -0.05) is 41.0 Å². The van der Waals surface area contributed by atoms with E-state index in [4.69, 9.17) is 28.3 Å². The lowest BCUT2D eigenvalue weighted by Gasteiger charge is -2.13. The van der Waals surface area contributed by atoms with Crippen LogP contribution < -0.4 is 5.56 Å². The summed E-state index contributed by atoms with van der Waals surface area (Å²) in [7, 11) is 0. The summed E-state index contributed by atoms with van der Waals surface area (Å²) in [5.74, 6) is -1.23. The van der Waals surface area contributed by atoms with Crippen molar-refractivity contribution in [2.75, 3.05) is 5.75 Å². The summed E-state index contributed by atoms with van der Waals surface area (Å²) in [5, 5.41) is 9.92. The van der Waals surface area contributed by atoms with Crippen molar-refractivity contribution in [3.05, 3.63) is 68.2 Å². The first-order valence-corrected chi connectivity index (χ1v) is 9.58. The zero-order valence-corrected chi connectivity index (χ0v) is 16.1. The van der Waals surface area contributed by atoms with Gasteiger partial charge in [-0.2, -0.15) is 0 Å². The van der Waals surface area contributed by atoms with Crippen molar-refractivity contribution >= 4 is 51.8 Å². The Morgan fingerprint density at radius 1 is 1.22 bits per heavy atom. The van der Waals surface area contributed by atoms with Gasteiger partial charge in [-0.15, -0.1) is 0 Å². The van der Waals surface area contributed by atoms with Gasteiger partial charge in [-0.3, -0.25) is 14.2 Å². The number of aliphatic carboxylic acids is 1. The number of carboxylic acid groups (broad SMARTS) is 1. The molecule has 0 atom stereocenters. The van der Waals surface area contributed by atoms with Crippen LogP contribution in [0.4, 0.5) is 4.39 Å². The van der Waals surface area contributed by atoms with Gasteiger partial charge in [-0.05, 0) is 35.9 Å². The Morgan fingerprint density at radius 2 is 2.00 bits per heavy atom. The predicted molar refractivity (Wildman–Crippen MR) is 105 cm³/mol. The fourth-order valence-electron chi connectivity index (χ4n) is 2.47. The standard InChI is InChI=1S/C18H13Cl2FN2O3S/c19-11-2-4-15-12(8-11)17(26)23(18(22-15)27-6-5-16(24)25)9-10-1-3-14(21)13(20)7-10/h1-4,7-8H,5-6,9H2,(H,24,25). The van der Waals surface area contributed by atoms with Gasteiger partial charge < -0.3 is 5.11 Å². The number of hydrogen-bond donors (Lipinski definition) is 1. The van der Waals surface area contributed by atoms with Crippen molar-refractivity contribution in [2.24, 2.45) is 0 Å². The van der Waals surface area contributed by atoms with Gasteiger partial charge in [0, 0.05) is 10.8 Å². The van der Waals surface area contributed by atoms with E-state index in [2.05, 4.69) is 4.98 Å². The number of benzene rings is 2. The van der Waals surface area contributed by atoms with Crippen molar-refractivity contribution < 1.29 is 14.3 Å². The number of carbonyl (C=O) groups is 1. The van der Waals surface area contributed by atoms with Crippen LogP contribution in [0, 0.1) is 5.82 Å². The highest BCUT2D eigenvalue weighted by Crippen LogP contribution is 2.23. The van der Waals surface area contributed by atoms with Crippen LogP contribution in [0.3, 0.4) is 0 Å². The minimum atomic E-state index is -0.936. The van der Waals surface area contributed by atoms with Crippen LogP contribution in [0.15, 0.2) is 46.3 Å². The quantitative estimate of drug-likeness (QED) is 0.465. The number of nitrogens with zero attached hydrogens (tertiary/aromatic N) is 2. The fraction of sp³-hybridized carbons (Fsp3) is 0.167. The van der Waals surface area contributed by atoms with E-state index in [9.17, 15) is 14.0 Å². The largest absolute Gasteiger partial charge is 0.481 e. The zero-order valence-electron chi connectivity index (χ0n) is 13.8. The van der Waals surface area contributed by atoms with Gasteiger partial charge in [0.2, 0.25) is 0 Å². The van der Waals surface area contributed by atoms with E-state index < -0.39 is 11.8 Å². The van der Waals surface area contributed by atoms with Crippen molar-refractivity contribution in [1.82, 2.24) is 9.55 Å². The summed E-state index contributed by atoms with van der Waals surface area (Å²) in [6.07, 6.45) is -0.0679. The van der Waals surface area contributed by atoms with Crippen LogP contribution >= 0.6 is 35.0 Å². The van der Waals surface area contributed by atoms with E-state index in [1.807, 2.05) is 0 Å². The highest BCUT2D eigenvalue weighted by Gasteiger charge is 2.14. The maximum Gasteiger partial charge on any atom is 0.304 e. The molecule has 3 aromatic rings. The van der Waals surface area contributed by atoms with Gasteiger partial charge in [-0.25, -0.2) is 9.37 Å². The normalized spacial score (nSPS) is 11.1. The molecule has 1 N–H and O–H groups in total. The summed E-state index contributed by atoms with van der Waals surface area (Å²) >= 11 is 13.0. The number of hydrogen-bond acceptors (Lipinski definition) is 4. The molecule has 0 spiro atoms. The van der Waals surface area contributed by atoms with Crippen LogP contribution in [0.5, 0.6) is 0 Å². The molecule has 0 amide bonds. The molecule has 140 valence electrons. The molecular formula is C18H13Cl2FN2O3S. The predicted octanol–water partition coefficient (Wildman–Crippen LogP) is 4.46. The average molecular weight is 427 g/mol. The molecule has 3 rings (SSSR count). The second kappa shape index (κ2) is 8.29. The Bertz CT molecular complexity index is 1090. The average Bonchev–Trinajstić information content (AvgIpc) is 2.61. The third kappa shape index (κ3) is 4.61. The molecular weight excluding hydrogens is 414 g/mol. The second-order valence-electron chi connectivity index (χ2n) is 5.69. The third-order valence-electron chi connectivity index (χ3n) is 3.75. The van der Waals surface area contributed by atoms with Gasteiger partial charge in [0.05, 0.1) is 28.9 Å². The first-order chi connectivity index (χ1) is 12.8. The van der Waals surface area contributed by atoms with E-state index in [0.29, 0.717) is 26.6 Å². The highest BCUT2D eigenvalue weighted by molar-refractivity contribution is 7.99. The Labute approximate surface area is 167 Å². The molecule has 1 heterocycles. The number of halogens is 3. The maximum atomic E-state index is 13.4. The number of rotatable bonds is 6. The van der Waals surface area contributed by atoms with E-state index in [0.717, 1.165) is 0 Å². The molecule has 2 aromatic carbocycles. The van der Waals surface area contributed by atoms with Gasteiger partial charge in [0.1, 0.15) is 5.82 Å². The van der Waals surface area contributed by atoms with Crippen molar-refractivity contribution in [3.8, 4) is 0 Å². The van der Waals surface area contributed by atoms with Crippen LogP contribution in [-0.4, -0.2) is 26.4 Å². The molecule has 9 heteroatoms. The topological polar surface area (TPSA) is 72.2 Å². The molecule has 0 saturated carbocycles. The van der Waals surface area contributed by atoms with E-state index in [-0.39, 0.29) is 29.3 Å². The lowest BCUT2D eigenvalue weighted by molar-refractivity contribution is -0.136. The highest BCUT2D eigenvalue weighted by atomic mass is 35.5. The van der Waals surface area contributed by atoms with Crippen LogP contribution in [0.25, 0.3) is 10.9 Å². The molecule has 0 bridgehead atoms. The number of fused-ring (bicyclic) bond motifs is 1. The molecule has 0 aliphatic carbocycles. The fourth-order valence-corrected chi connectivity index (χ4v) is 3.77. The molecule has 0 fully saturated rings. The summed E-state index contributed by atoms with van der Waals surface area (Å²) in [6, 6.07) is 9.00. The Morgan fingerprint density at radius 3 is 2.70 bits per heavy atom. The lowest BCUT2D eigenvalue weighted by atomic mass is 10.2. The first-order valence-electron chi connectivity index (χ1n) is 7.84.